The molecule has 0 saturated carbocycles. The van der Waals surface area contributed by atoms with Gasteiger partial charge in [0.1, 0.15) is 6.73 Å². The van der Waals surface area contributed by atoms with Crippen molar-refractivity contribution in [3.8, 4) is 0 Å². The van der Waals surface area contributed by atoms with Gasteiger partial charge in [-0.1, -0.05) is 5.57 Å². The third-order valence-electron chi connectivity index (χ3n) is 2.30. The molecule has 0 N–H and O–H groups in total. The molecule has 1 saturated heterocycles. The number of nitrogens with zero attached hydrogens (tertiary/aromatic N) is 1. The normalized spacial score (nSPS) is 22.5. The molecule has 1 atom stereocenters. The van der Waals surface area contributed by atoms with E-state index >= 15 is 0 Å². The van der Waals surface area contributed by atoms with Crippen LogP contribution in [0.4, 0.5) is 0 Å². The molecule has 0 spiro atoms. The zero-order valence-electron chi connectivity index (χ0n) is 8.38. The van der Waals surface area contributed by atoms with Gasteiger partial charge in [0.05, 0.1) is 0 Å². The fourth-order valence-corrected chi connectivity index (χ4v) is 1.72. The Morgan fingerprint density at radius 3 is 3.00 bits per heavy atom. The van der Waals surface area contributed by atoms with Crippen LogP contribution in [0.2, 0.25) is 0 Å². The van der Waals surface area contributed by atoms with Crippen LogP contribution >= 0.6 is 0 Å². The number of amides is 1. The van der Waals surface area contributed by atoms with Crippen molar-refractivity contribution in [3.05, 3.63) is 12.2 Å². The molecular weight excluding hydrogens is 166 g/mol. The van der Waals surface area contributed by atoms with Gasteiger partial charge in [-0.2, -0.15) is 0 Å². The lowest BCUT2D eigenvalue weighted by molar-refractivity contribution is -0.133. The molecule has 1 amide bonds. The van der Waals surface area contributed by atoms with Crippen LogP contribution in [0.3, 0.4) is 0 Å². The summed E-state index contributed by atoms with van der Waals surface area (Å²) in [5.74, 6) is 0.202. The molecule has 1 unspecified atom stereocenters. The van der Waals surface area contributed by atoms with Gasteiger partial charge < -0.3 is 9.64 Å². The van der Waals surface area contributed by atoms with E-state index in [0.717, 1.165) is 18.4 Å². The Morgan fingerprint density at radius 2 is 2.46 bits per heavy atom. The number of hydrogen-bond donors (Lipinski definition) is 0. The second kappa shape index (κ2) is 4.42. The van der Waals surface area contributed by atoms with Crippen molar-refractivity contribution in [2.45, 2.75) is 32.2 Å². The Balaban J connectivity index is 2.53. The minimum Gasteiger partial charge on any atom is -0.364 e. The highest BCUT2D eigenvalue weighted by Gasteiger charge is 2.30. The highest BCUT2D eigenvalue weighted by Crippen LogP contribution is 2.23. The summed E-state index contributed by atoms with van der Waals surface area (Å²) in [6.07, 6.45) is 2.49. The summed E-state index contributed by atoms with van der Waals surface area (Å²) >= 11 is 0. The van der Waals surface area contributed by atoms with Crippen LogP contribution in [0.1, 0.15) is 26.2 Å². The lowest BCUT2D eigenvalue weighted by Crippen LogP contribution is -2.34. The minimum absolute atomic E-state index is 0.202. The highest BCUT2D eigenvalue weighted by atomic mass is 16.5. The van der Waals surface area contributed by atoms with E-state index in [1.165, 1.54) is 0 Å². The molecule has 0 aromatic carbocycles. The Morgan fingerprint density at radius 1 is 1.77 bits per heavy atom. The Labute approximate surface area is 79.4 Å². The first-order valence-electron chi connectivity index (χ1n) is 4.58. The fraction of sp³-hybridized carbons (Fsp3) is 0.700. The second-order valence-electron chi connectivity index (χ2n) is 3.64. The summed E-state index contributed by atoms with van der Waals surface area (Å²) in [7, 11) is 1.61. The zero-order chi connectivity index (χ0) is 9.84. The molecule has 0 bridgehead atoms. The van der Waals surface area contributed by atoms with Crippen molar-refractivity contribution in [1.29, 1.82) is 0 Å². The smallest absolute Gasteiger partial charge is 0.224 e. The van der Waals surface area contributed by atoms with E-state index < -0.39 is 0 Å². The number of carbonyl (C=O) groups is 1. The van der Waals surface area contributed by atoms with Gasteiger partial charge >= 0.3 is 0 Å². The lowest BCUT2D eigenvalue weighted by Gasteiger charge is -2.23. The number of hydrogen-bond acceptors (Lipinski definition) is 2. The SMILES string of the molecule is C=C(C)CC1CCC(=O)N1COC. The van der Waals surface area contributed by atoms with E-state index in [0.29, 0.717) is 19.2 Å². The number of carbonyl (C=O) groups excluding carboxylic acids is 1. The van der Waals surface area contributed by atoms with Crippen molar-refractivity contribution >= 4 is 5.91 Å². The van der Waals surface area contributed by atoms with Crippen LogP contribution in [-0.2, 0) is 9.53 Å². The molecule has 0 aromatic rings. The number of ether oxygens (including phenoxy) is 1. The molecule has 1 aliphatic heterocycles. The summed E-state index contributed by atoms with van der Waals surface area (Å²) in [4.78, 5) is 13.2. The van der Waals surface area contributed by atoms with E-state index in [9.17, 15) is 4.79 Å². The average Bonchev–Trinajstić information content (AvgIpc) is 2.35. The predicted octanol–water partition coefficient (Wildman–Crippen LogP) is 1.55. The van der Waals surface area contributed by atoms with Crippen LogP contribution in [0.5, 0.6) is 0 Å². The summed E-state index contributed by atoms with van der Waals surface area (Å²) < 4.78 is 4.98. The van der Waals surface area contributed by atoms with Crippen LogP contribution in [-0.4, -0.2) is 30.7 Å². The molecule has 3 heteroatoms. The fourth-order valence-electron chi connectivity index (χ4n) is 1.72. The first-order valence-corrected chi connectivity index (χ1v) is 4.58. The first kappa shape index (κ1) is 10.3. The van der Waals surface area contributed by atoms with Crippen LogP contribution in [0.25, 0.3) is 0 Å². The molecule has 13 heavy (non-hydrogen) atoms. The summed E-state index contributed by atoms with van der Waals surface area (Å²) in [6, 6.07) is 0.310. The topological polar surface area (TPSA) is 29.5 Å². The van der Waals surface area contributed by atoms with Gasteiger partial charge in [-0.3, -0.25) is 4.79 Å². The summed E-state index contributed by atoms with van der Waals surface area (Å²) in [5, 5.41) is 0. The Kier molecular flexibility index (Phi) is 3.48. The Bertz CT molecular complexity index is 213. The predicted molar refractivity (Wildman–Crippen MR) is 51.2 cm³/mol. The molecular formula is C10H17NO2. The third-order valence-corrected chi connectivity index (χ3v) is 2.30. The molecule has 0 radical (unpaired) electrons. The van der Waals surface area contributed by atoms with Crippen molar-refractivity contribution < 1.29 is 9.53 Å². The first-order chi connectivity index (χ1) is 6.15. The monoisotopic (exact) mass is 183 g/mol. The third kappa shape index (κ3) is 2.56. The molecule has 1 aliphatic rings. The maximum Gasteiger partial charge on any atom is 0.224 e. The van der Waals surface area contributed by atoms with Crippen LogP contribution in [0, 0.1) is 0 Å². The summed E-state index contributed by atoms with van der Waals surface area (Å²) in [6.45, 7) is 6.27. The zero-order valence-corrected chi connectivity index (χ0v) is 8.38. The largest absolute Gasteiger partial charge is 0.364 e. The van der Waals surface area contributed by atoms with Crippen molar-refractivity contribution in [2.75, 3.05) is 13.8 Å². The quantitative estimate of drug-likeness (QED) is 0.619. The van der Waals surface area contributed by atoms with Crippen LogP contribution in [0.15, 0.2) is 12.2 Å². The van der Waals surface area contributed by atoms with E-state index in [-0.39, 0.29) is 5.91 Å². The molecule has 1 rings (SSSR count). The number of methoxy groups -OCH3 is 1. The van der Waals surface area contributed by atoms with Crippen LogP contribution < -0.4 is 0 Å². The van der Waals surface area contributed by atoms with Gasteiger partial charge in [-0.15, -0.1) is 6.58 Å². The van der Waals surface area contributed by atoms with E-state index in [4.69, 9.17) is 4.74 Å². The molecule has 74 valence electrons. The van der Waals surface area contributed by atoms with Gasteiger partial charge in [0.2, 0.25) is 5.91 Å². The van der Waals surface area contributed by atoms with E-state index in [1.807, 2.05) is 6.92 Å². The maximum atomic E-state index is 11.4. The van der Waals surface area contributed by atoms with E-state index in [1.54, 1.807) is 12.0 Å². The van der Waals surface area contributed by atoms with Crippen molar-refractivity contribution in [3.63, 3.8) is 0 Å². The summed E-state index contributed by atoms with van der Waals surface area (Å²) in [5.41, 5.74) is 1.13. The van der Waals surface area contributed by atoms with Crippen molar-refractivity contribution in [2.24, 2.45) is 0 Å². The molecule has 3 nitrogen and oxygen atoms in total. The maximum absolute atomic E-state index is 11.4. The van der Waals surface area contributed by atoms with Gasteiger partial charge in [-0.05, 0) is 19.8 Å². The molecule has 1 fully saturated rings. The van der Waals surface area contributed by atoms with E-state index in [2.05, 4.69) is 6.58 Å². The van der Waals surface area contributed by atoms with Crippen molar-refractivity contribution in [1.82, 2.24) is 4.90 Å². The number of likely N-dealkylation sites (tertiary alicyclic amines) is 1. The standard InChI is InChI=1S/C10H17NO2/c1-8(2)6-9-4-5-10(12)11(9)7-13-3/h9H,1,4-7H2,2-3H3. The second-order valence-corrected chi connectivity index (χ2v) is 3.64. The van der Waals surface area contributed by atoms with Gasteiger partial charge in [-0.25, -0.2) is 0 Å². The van der Waals surface area contributed by atoms with Gasteiger partial charge in [0.25, 0.3) is 0 Å². The molecule has 0 aliphatic carbocycles. The number of rotatable bonds is 4. The van der Waals surface area contributed by atoms with Gasteiger partial charge in [0, 0.05) is 19.6 Å². The molecule has 0 aromatic heterocycles. The lowest BCUT2D eigenvalue weighted by atomic mass is 10.1. The molecule has 1 heterocycles. The minimum atomic E-state index is 0.202. The average molecular weight is 183 g/mol. The highest BCUT2D eigenvalue weighted by molar-refractivity contribution is 5.78. The van der Waals surface area contributed by atoms with Gasteiger partial charge in [0.15, 0.2) is 0 Å². The Hall–Kier alpha value is -0.830.